The molecule has 3 aromatic rings. The van der Waals surface area contributed by atoms with Crippen molar-refractivity contribution in [1.82, 2.24) is 9.99 Å². The fourth-order valence-corrected chi connectivity index (χ4v) is 3.20. The van der Waals surface area contributed by atoms with Gasteiger partial charge in [0.05, 0.1) is 21.3 Å². The number of ether oxygens (including phenoxy) is 1. The summed E-state index contributed by atoms with van der Waals surface area (Å²) in [5.74, 6) is 0.0529. The van der Waals surface area contributed by atoms with E-state index in [0.29, 0.717) is 20.9 Å². The minimum atomic E-state index is -0.456. The highest BCUT2D eigenvalue weighted by Gasteiger charge is 2.08. The van der Waals surface area contributed by atoms with Gasteiger partial charge in [0.25, 0.3) is 11.6 Å². The number of nitrogens with one attached hydrogen (secondary N) is 1. The molecule has 29 heavy (non-hydrogen) atoms. The monoisotopic (exact) mass is 476 g/mol. The number of hydrogen-bond acceptors (Lipinski definition) is 5. The Morgan fingerprint density at radius 1 is 1.28 bits per heavy atom. The molecule has 0 fully saturated rings. The fraction of sp³-hybridized carbons (Fsp3) is 0.0526. The summed E-state index contributed by atoms with van der Waals surface area (Å²) in [7, 11) is 0. The summed E-state index contributed by atoms with van der Waals surface area (Å²) in [6, 6.07) is 14.7. The molecule has 0 aliphatic heterocycles. The van der Waals surface area contributed by atoms with Crippen LogP contribution in [0.5, 0.6) is 5.75 Å². The number of carbonyl (C=O) groups is 1. The maximum atomic E-state index is 11.9. The number of nitrogens with zero attached hydrogens (tertiary/aromatic N) is 3. The van der Waals surface area contributed by atoms with Crippen LogP contribution < -0.4 is 10.2 Å². The summed E-state index contributed by atoms with van der Waals surface area (Å²) in [5.41, 5.74) is 3.80. The smallest absolute Gasteiger partial charge is 0.277 e. The van der Waals surface area contributed by atoms with E-state index in [2.05, 4.69) is 26.5 Å². The van der Waals surface area contributed by atoms with Crippen molar-refractivity contribution in [2.75, 3.05) is 6.61 Å². The van der Waals surface area contributed by atoms with Crippen molar-refractivity contribution in [1.29, 1.82) is 0 Å². The number of halogens is 2. The maximum absolute atomic E-state index is 11.9. The molecule has 0 unspecified atom stereocenters. The third kappa shape index (κ3) is 5.43. The number of hydrogen-bond donors (Lipinski definition) is 1. The summed E-state index contributed by atoms with van der Waals surface area (Å²) in [6.45, 7) is -0.221. The zero-order valence-corrected chi connectivity index (χ0v) is 17.1. The Balaban J connectivity index is 1.59. The number of carbonyl (C=O) groups excluding carboxylic acids is 1. The first-order valence-corrected chi connectivity index (χ1v) is 9.43. The van der Waals surface area contributed by atoms with Gasteiger partial charge in [-0.15, -0.1) is 0 Å². The lowest BCUT2D eigenvalue weighted by Gasteiger charge is -2.07. The second kappa shape index (κ2) is 9.35. The predicted molar refractivity (Wildman–Crippen MR) is 113 cm³/mol. The first-order valence-electron chi connectivity index (χ1n) is 8.26. The maximum Gasteiger partial charge on any atom is 0.277 e. The molecule has 8 nitrogen and oxygen atoms in total. The lowest BCUT2D eigenvalue weighted by Crippen LogP contribution is -2.24. The summed E-state index contributed by atoms with van der Waals surface area (Å²) >= 11 is 9.17. The first kappa shape index (κ1) is 20.6. The molecule has 0 bridgehead atoms. The van der Waals surface area contributed by atoms with Crippen molar-refractivity contribution < 1.29 is 14.5 Å². The molecule has 0 spiro atoms. The van der Waals surface area contributed by atoms with Crippen LogP contribution in [-0.2, 0) is 4.79 Å². The van der Waals surface area contributed by atoms with Gasteiger partial charge in [-0.05, 0) is 58.4 Å². The number of nitro groups is 1. The Kier molecular flexibility index (Phi) is 6.63. The summed E-state index contributed by atoms with van der Waals surface area (Å²) < 4.78 is 7.83. The standard InChI is InChI=1S/C19H14BrClN4O4/c20-17-10-13(21)3-8-18(17)29-12-19(26)23-22-11-16-2-1-9-24(16)14-4-6-15(7-5-14)25(27)28/h1-11H,12H2,(H,23,26)/b22-11-. The molecule has 0 saturated heterocycles. The molecule has 2 aromatic carbocycles. The number of benzene rings is 2. The second-order valence-electron chi connectivity index (χ2n) is 5.73. The zero-order chi connectivity index (χ0) is 20.8. The Morgan fingerprint density at radius 3 is 2.72 bits per heavy atom. The summed E-state index contributed by atoms with van der Waals surface area (Å²) in [6.07, 6.45) is 3.25. The molecule has 0 atom stereocenters. The molecule has 1 heterocycles. The average Bonchev–Trinajstić information content (AvgIpc) is 3.16. The summed E-state index contributed by atoms with van der Waals surface area (Å²) in [4.78, 5) is 22.2. The van der Waals surface area contributed by atoms with Gasteiger partial charge in [0.2, 0.25) is 0 Å². The van der Waals surface area contributed by atoms with Gasteiger partial charge in [0.1, 0.15) is 5.75 Å². The van der Waals surface area contributed by atoms with Crippen LogP contribution in [0.15, 0.2) is 70.4 Å². The van der Waals surface area contributed by atoms with E-state index >= 15 is 0 Å². The van der Waals surface area contributed by atoms with E-state index in [1.54, 1.807) is 53.2 Å². The van der Waals surface area contributed by atoms with Crippen LogP contribution >= 0.6 is 27.5 Å². The fourth-order valence-electron chi connectivity index (χ4n) is 2.41. The van der Waals surface area contributed by atoms with Crippen molar-refractivity contribution in [3.63, 3.8) is 0 Å². The normalized spacial score (nSPS) is 10.8. The third-order valence-corrected chi connectivity index (χ3v) is 4.61. The van der Waals surface area contributed by atoms with Crippen LogP contribution in [0, 0.1) is 10.1 Å². The van der Waals surface area contributed by atoms with E-state index in [-0.39, 0.29) is 12.3 Å². The number of nitro benzene ring substituents is 1. The molecular weight excluding hydrogens is 464 g/mol. The van der Waals surface area contributed by atoms with Gasteiger partial charge in [-0.1, -0.05) is 11.6 Å². The quantitative estimate of drug-likeness (QED) is 0.311. The molecule has 10 heteroatoms. The van der Waals surface area contributed by atoms with Crippen molar-refractivity contribution in [2.24, 2.45) is 5.10 Å². The topological polar surface area (TPSA) is 98.8 Å². The Bertz CT molecular complexity index is 1070. The number of amides is 1. The van der Waals surface area contributed by atoms with Gasteiger partial charge in [0.15, 0.2) is 6.61 Å². The van der Waals surface area contributed by atoms with Crippen LogP contribution in [0.25, 0.3) is 5.69 Å². The lowest BCUT2D eigenvalue weighted by atomic mass is 10.3. The lowest BCUT2D eigenvalue weighted by molar-refractivity contribution is -0.384. The first-order chi connectivity index (χ1) is 13.9. The van der Waals surface area contributed by atoms with E-state index in [9.17, 15) is 14.9 Å². The molecule has 148 valence electrons. The third-order valence-electron chi connectivity index (χ3n) is 3.76. The Labute approximate surface area is 179 Å². The van der Waals surface area contributed by atoms with Gasteiger partial charge in [-0.25, -0.2) is 5.43 Å². The number of rotatable bonds is 7. The minimum absolute atomic E-state index is 0.00992. The van der Waals surface area contributed by atoms with Crippen molar-refractivity contribution in [2.45, 2.75) is 0 Å². The number of aromatic nitrogens is 1. The molecule has 3 rings (SSSR count). The number of hydrazone groups is 1. The van der Waals surface area contributed by atoms with E-state index in [0.717, 1.165) is 5.69 Å². The van der Waals surface area contributed by atoms with Crippen molar-refractivity contribution in [3.8, 4) is 11.4 Å². The van der Waals surface area contributed by atoms with Gasteiger partial charge in [-0.3, -0.25) is 14.9 Å². The molecule has 0 saturated carbocycles. The van der Waals surface area contributed by atoms with Crippen LogP contribution in [0.3, 0.4) is 0 Å². The second-order valence-corrected chi connectivity index (χ2v) is 7.02. The van der Waals surface area contributed by atoms with Crippen molar-refractivity contribution >= 4 is 45.3 Å². The molecule has 1 amide bonds. The average molecular weight is 478 g/mol. The largest absolute Gasteiger partial charge is 0.483 e. The Hall–Kier alpha value is -3.17. The van der Waals surface area contributed by atoms with E-state index in [1.165, 1.54) is 18.3 Å². The minimum Gasteiger partial charge on any atom is -0.483 e. The molecule has 0 aliphatic carbocycles. The number of non-ortho nitro benzene ring substituents is 1. The van der Waals surface area contributed by atoms with Crippen LogP contribution in [0.1, 0.15) is 5.69 Å². The van der Waals surface area contributed by atoms with Crippen molar-refractivity contribution in [3.05, 3.63) is 86.1 Å². The molecule has 1 N–H and O–H groups in total. The molecule has 0 radical (unpaired) electrons. The van der Waals surface area contributed by atoms with Gasteiger partial charge >= 0.3 is 0 Å². The summed E-state index contributed by atoms with van der Waals surface area (Å²) in [5, 5.41) is 15.2. The van der Waals surface area contributed by atoms with Gasteiger partial charge in [-0.2, -0.15) is 5.10 Å². The van der Waals surface area contributed by atoms with Crippen LogP contribution in [-0.4, -0.2) is 28.2 Å². The highest BCUT2D eigenvalue weighted by atomic mass is 79.9. The SMILES string of the molecule is O=C(COc1ccc(Cl)cc1Br)N/N=C\c1cccn1-c1ccc([N+](=O)[O-])cc1. The van der Waals surface area contributed by atoms with Crippen LogP contribution in [0.4, 0.5) is 5.69 Å². The van der Waals surface area contributed by atoms with E-state index in [1.807, 2.05) is 0 Å². The Morgan fingerprint density at radius 2 is 2.03 bits per heavy atom. The molecule has 0 aliphatic rings. The molecule has 1 aromatic heterocycles. The van der Waals surface area contributed by atoms with Crippen LogP contribution in [0.2, 0.25) is 5.02 Å². The van der Waals surface area contributed by atoms with E-state index in [4.69, 9.17) is 16.3 Å². The zero-order valence-electron chi connectivity index (χ0n) is 14.8. The highest BCUT2D eigenvalue weighted by molar-refractivity contribution is 9.10. The predicted octanol–water partition coefficient (Wildman–Crippen LogP) is 4.33. The van der Waals surface area contributed by atoms with Gasteiger partial charge < -0.3 is 9.30 Å². The van der Waals surface area contributed by atoms with Gasteiger partial charge in [0, 0.05) is 29.0 Å². The van der Waals surface area contributed by atoms with E-state index < -0.39 is 10.8 Å². The molecular formula is C19H14BrClN4O4. The highest BCUT2D eigenvalue weighted by Crippen LogP contribution is 2.27.